The topological polar surface area (TPSA) is 55.1 Å². The summed E-state index contributed by atoms with van der Waals surface area (Å²) in [5.74, 6) is -1.73. The fraction of sp³-hybridized carbons (Fsp3) is 0.158. The van der Waals surface area contributed by atoms with E-state index in [9.17, 15) is 13.6 Å². The van der Waals surface area contributed by atoms with Gasteiger partial charge in [-0.25, -0.2) is 8.78 Å². The van der Waals surface area contributed by atoms with E-state index in [4.69, 9.17) is 4.52 Å². The summed E-state index contributed by atoms with van der Waals surface area (Å²) in [5.41, 5.74) is 2.64. The Bertz CT molecular complexity index is 944. The molecule has 1 aromatic heterocycles. The van der Waals surface area contributed by atoms with E-state index in [1.165, 1.54) is 6.07 Å². The van der Waals surface area contributed by atoms with Crippen molar-refractivity contribution < 1.29 is 18.1 Å². The molecular formula is C19H16F2N2O2. The summed E-state index contributed by atoms with van der Waals surface area (Å²) in [7, 11) is 0. The maximum atomic E-state index is 14.1. The quantitative estimate of drug-likeness (QED) is 0.744. The first kappa shape index (κ1) is 16.8. The smallest absolute Gasteiger partial charge is 0.261 e. The molecule has 0 atom stereocenters. The Balaban J connectivity index is 2.03. The average molecular weight is 342 g/mol. The van der Waals surface area contributed by atoms with E-state index in [0.29, 0.717) is 5.69 Å². The second-order valence-corrected chi connectivity index (χ2v) is 5.81. The van der Waals surface area contributed by atoms with Crippen LogP contribution in [0, 0.1) is 32.4 Å². The number of para-hydroxylation sites is 1. The number of hydrogen-bond donors (Lipinski definition) is 1. The van der Waals surface area contributed by atoms with Gasteiger partial charge in [-0.05, 0) is 44.0 Å². The minimum atomic E-state index is -0.811. The summed E-state index contributed by atoms with van der Waals surface area (Å²) in [6, 6.07) is 8.73. The first-order valence-electron chi connectivity index (χ1n) is 7.67. The Hall–Kier alpha value is -3.02. The van der Waals surface area contributed by atoms with Crippen LogP contribution < -0.4 is 5.32 Å². The van der Waals surface area contributed by atoms with Crippen molar-refractivity contribution in [2.75, 3.05) is 5.32 Å². The zero-order valence-corrected chi connectivity index (χ0v) is 14.0. The summed E-state index contributed by atoms with van der Waals surface area (Å²) in [4.78, 5) is 12.8. The van der Waals surface area contributed by atoms with Crippen molar-refractivity contribution in [1.82, 2.24) is 5.16 Å². The number of nitrogens with zero attached hydrogens (tertiary/aromatic N) is 1. The van der Waals surface area contributed by atoms with Crippen LogP contribution in [0.5, 0.6) is 0 Å². The third kappa shape index (κ3) is 3.15. The third-order valence-electron chi connectivity index (χ3n) is 4.00. The molecule has 0 saturated heterocycles. The molecule has 0 spiro atoms. The van der Waals surface area contributed by atoms with E-state index in [0.717, 1.165) is 23.3 Å². The Morgan fingerprint density at radius 1 is 1.08 bits per heavy atom. The molecule has 1 N–H and O–H groups in total. The number of halogens is 2. The second-order valence-electron chi connectivity index (χ2n) is 5.81. The molecule has 6 heteroatoms. The van der Waals surface area contributed by atoms with Gasteiger partial charge in [-0.1, -0.05) is 23.4 Å². The standard InChI is InChI=1S/C19H16F2N2O2/c1-10-5-4-6-11(2)17(10)22-19(24)16-12(3)25-23-18(16)14-8-7-13(20)9-15(14)21/h4-9H,1-3H3,(H,22,24). The van der Waals surface area contributed by atoms with Gasteiger partial charge in [0.2, 0.25) is 0 Å². The van der Waals surface area contributed by atoms with Crippen LogP contribution in [0.2, 0.25) is 0 Å². The van der Waals surface area contributed by atoms with Crippen molar-refractivity contribution in [3.63, 3.8) is 0 Å². The van der Waals surface area contributed by atoms with Gasteiger partial charge in [0.1, 0.15) is 28.7 Å². The summed E-state index contributed by atoms with van der Waals surface area (Å²) in [5, 5.41) is 6.61. The van der Waals surface area contributed by atoms with Crippen molar-refractivity contribution in [2.24, 2.45) is 0 Å². The maximum Gasteiger partial charge on any atom is 0.261 e. The van der Waals surface area contributed by atoms with Crippen molar-refractivity contribution in [2.45, 2.75) is 20.8 Å². The fourth-order valence-electron chi connectivity index (χ4n) is 2.69. The molecule has 0 bridgehead atoms. The van der Waals surface area contributed by atoms with Crippen LogP contribution in [0.1, 0.15) is 27.2 Å². The lowest BCUT2D eigenvalue weighted by atomic mass is 10.0. The fourth-order valence-corrected chi connectivity index (χ4v) is 2.69. The number of anilines is 1. The van der Waals surface area contributed by atoms with Gasteiger partial charge in [-0.3, -0.25) is 4.79 Å². The number of aryl methyl sites for hydroxylation is 3. The van der Waals surface area contributed by atoms with E-state index in [1.54, 1.807) is 6.92 Å². The number of carbonyl (C=O) groups excluding carboxylic acids is 1. The minimum Gasteiger partial charge on any atom is -0.360 e. The molecular weight excluding hydrogens is 326 g/mol. The maximum absolute atomic E-state index is 14.1. The highest BCUT2D eigenvalue weighted by molar-refractivity contribution is 6.09. The summed E-state index contributed by atoms with van der Waals surface area (Å²) in [6.07, 6.45) is 0. The Morgan fingerprint density at radius 2 is 1.76 bits per heavy atom. The molecule has 0 aliphatic carbocycles. The summed E-state index contributed by atoms with van der Waals surface area (Å²) >= 11 is 0. The normalized spacial score (nSPS) is 10.8. The lowest BCUT2D eigenvalue weighted by Gasteiger charge is -2.11. The first-order chi connectivity index (χ1) is 11.9. The van der Waals surface area contributed by atoms with E-state index in [2.05, 4.69) is 10.5 Å². The summed E-state index contributed by atoms with van der Waals surface area (Å²) in [6.45, 7) is 5.32. The number of amides is 1. The van der Waals surface area contributed by atoms with Gasteiger partial charge in [-0.15, -0.1) is 0 Å². The second kappa shape index (κ2) is 6.47. The highest BCUT2D eigenvalue weighted by atomic mass is 19.1. The molecule has 4 nitrogen and oxygen atoms in total. The lowest BCUT2D eigenvalue weighted by Crippen LogP contribution is -2.15. The van der Waals surface area contributed by atoms with Crippen LogP contribution in [0.4, 0.5) is 14.5 Å². The number of benzene rings is 2. The highest BCUT2D eigenvalue weighted by Gasteiger charge is 2.24. The zero-order valence-electron chi connectivity index (χ0n) is 14.0. The molecule has 1 heterocycles. The SMILES string of the molecule is Cc1cccc(C)c1NC(=O)c1c(-c2ccc(F)cc2F)noc1C. The molecule has 0 aliphatic heterocycles. The van der Waals surface area contributed by atoms with Crippen molar-refractivity contribution in [3.05, 3.63) is 70.5 Å². The Morgan fingerprint density at radius 3 is 2.40 bits per heavy atom. The van der Waals surface area contributed by atoms with Crippen molar-refractivity contribution in [1.29, 1.82) is 0 Å². The largest absolute Gasteiger partial charge is 0.360 e. The Labute approximate surface area is 143 Å². The molecule has 2 aromatic carbocycles. The molecule has 1 amide bonds. The van der Waals surface area contributed by atoms with Gasteiger partial charge in [0.15, 0.2) is 0 Å². The van der Waals surface area contributed by atoms with E-state index in [-0.39, 0.29) is 22.6 Å². The van der Waals surface area contributed by atoms with Crippen LogP contribution >= 0.6 is 0 Å². The van der Waals surface area contributed by atoms with Gasteiger partial charge in [0.05, 0.1) is 0 Å². The van der Waals surface area contributed by atoms with Gasteiger partial charge in [0.25, 0.3) is 5.91 Å². The molecule has 0 radical (unpaired) electrons. The molecule has 0 fully saturated rings. The van der Waals surface area contributed by atoms with Gasteiger partial charge in [0, 0.05) is 17.3 Å². The first-order valence-corrected chi connectivity index (χ1v) is 7.67. The lowest BCUT2D eigenvalue weighted by molar-refractivity contribution is 0.102. The number of rotatable bonds is 3. The monoisotopic (exact) mass is 342 g/mol. The number of hydrogen-bond acceptors (Lipinski definition) is 3. The molecule has 0 aliphatic rings. The number of aromatic nitrogens is 1. The van der Waals surface area contributed by atoms with Crippen LogP contribution in [0.3, 0.4) is 0 Å². The molecule has 0 saturated carbocycles. The van der Waals surface area contributed by atoms with E-state index < -0.39 is 17.5 Å². The van der Waals surface area contributed by atoms with E-state index in [1.807, 2.05) is 32.0 Å². The predicted octanol–water partition coefficient (Wildman–Crippen LogP) is 4.80. The summed E-state index contributed by atoms with van der Waals surface area (Å²) < 4.78 is 32.3. The van der Waals surface area contributed by atoms with Crippen molar-refractivity contribution >= 4 is 11.6 Å². The highest BCUT2D eigenvalue weighted by Crippen LogP contribution is 2.29. The minimum absolute atomic E-state index is 0.00454. The number of carbonyl (C=O) groups is 1. The average Bonchev–Trinajstić information content (AvgIpc) is 2.92. The Kier molecular flexibility index (Phi) is 4.35. The number of nitrogens with one attached hydrogen (secondary N) is 1. The molecule has 3 rings (SSSR count). The van der Waals surface area contributed by atoms with Gasteiger partial charge in [-0.2, -0.15) is 0 Å². The molecule has 0 unspecified atom stereocenters. The van der Waals surface area contributed by atoms with Gasteiger partial charge >= 0.3 is 0 Å². The van der Waals surface area contributed by atoms with Gasteiger partial charge < -0.3 is 9.84 Å². The van der Waals surface area contributed by atoms with Crippen LogP contribution in [-0.2, 0) is 0 Å². The molecule has 128 valence electrons. The van der Waals surface area contributed by atoms with Crippen LogP contribution in [0.25, 0.3) is 11.3 Å². The third-order valence-corrected chi connectivity index (χ3v) is 4.00. The predicted molar refractivity (Wildman–Crippen MR) is 90.5 cm³/mol. The van der Waals surface area contributed by atoms with Crippen LogP contribution in [0.15, 0.2) is 40.9 Å². The van der Waals surface area contributed by atoms with Crippen LogP contribution in [-0.4, -0.2) is 11.1 Å². The van der Waals surface area contributed by atoms with Crippen molar-refractivity contribution in [3.8, 4) is 11.3 Å². The zero-order chi connectivity index (χ0) is 18.1. The molecule has 25 heavy (non-hydrogen) atoms. The van der Waals surface area contributed by atoms with E-state index >= 15 is 0 Å². The molecule has 3 aromatic rings.